The van der Waals surface area contributed by atoms with Crippen molar-refractivity contribution in [3.05, 3.63) is 53.2 Å². The Morgan fingerprint density at radius 1 is 1.09 bits per heavy atom. The second-order valence-electron chi connectivity index (χ2n) is 8.52. The smallest absolute Gasteiger partial charge is 0.325 e. The maximum Gasteiger partial charge on any atom is 0.325 e. The molecule has 1 aliphatic rings. The minimum atomic E-state index is -0.170. The van der Waals surface area contributed by atoms with Gasteiger partial charge in [-0.3, -0.25) is 14.3 Å². The van der Waals surface area contributed by atoms with Crippen molar-refractivity contribution < 1.29 is 19.1 Å². The van der Waals surface area contributed by atoms with Gasteiger partial charge in [-0.15, -0.1) is 11.3 Å². The van der Waals surface area contributed by atoms with E-state index in [1.165, 1.54) is 11.3 Å². The molecule has 0 bridgehead atoms. The van der Waals surface area contributed by atoms with Gasteiger partial charge < -0.3 is 25.0 Å². The van der Waals surface area contributed by atoms with Crippen molar-refractivity contribution >= 4 is 55.8 Å². The highest BCUT2D eigenvalue weighted by Crippen LogP contribution is 2.34. The van der Waals surface area contributed by atoms with E-state index in [2.05, 4.69) is 15.6 Å². The fraction of sp³-hybridized carbons (Fsp3) is 0.320. The molecule has 2 amide bonds. The number of likely N-dealkylation sites (tertiary alicyclic amines) is 1. The summed E-state index contributed by atoms with van der Waals surface area (Å²) in [5.41, 5.74) is 4.21. The molecular weight excluding hydrogens is 466 g/mol. The van der Waals surface area contributed by atoms with E-state index in [4.69, 9.17) is 9.47 Å². The molecule has 1 aromatic carbocycles. The van der Waals surface area contributed by atoms with Crippen LogP contribution in [0.15, 0.2) is 42.6 Å². The average Bonchev–Trinajstić information content (AvgIpc) is 3.57. The Labute approximate surface area is 206 Å². The molecule has 10 heteroatoms. The number of anilines is 2. The quantitative estimate of drug-likeness (QED) is 0.437. The van der Waals surface area contributed by atoms with E-state index in [-0.39, 0.29) is 24.1 Å². The molecule has 2 atom stereocenters. The number of ether oxygens (including phenoxy) is 2. The number of amides is 2. The molecular formula is C25H27N5O4S. The lowest BCUT2D eigenvalue weighted by atomic mass is 10.2. The van der Waals surface area contributed by atoms with Crippen LogP contribution >= 0.6 is 11.3 Å². The first-order valence-electron chi connectivity index (χ1n) is 11.3. The number of carbonyl (C=O) groups is 2. The molecule has 2 N–H and O–H groups in total. The number of rotatable bonds is 5. The average molecular weight is 494 g/mol. The fourth-order valence-corrected chi connectivity index (χ4v) is 5.68. The van der Waals surface area contributed by atoms with Crippen molar-refractivity contribution in [2.75, 3.05) is 39.7 Å². The van der Waals surface area contributed by atoms with Crippen LogP contribution in [0.2, 0.25) is 0 Å². The third-order valence-corrected chi connectivity index (χ3v) is 7.56. The molecule has 0 saturated carbocycles. The molecule has 5 rings (SSSR count). The summed E-state index contributed by atoms with van der Waals surface area (Å²) in [6.45, 7) is 2.90. The zero-order valence-corrected chi connectivity index (χ0v) is 20.8. The van der Waals surface area contributed by atoms with Crippen LogP contribution in [0.1, 0.15) is 15.4 Å². The van der Waals surface area contributed by atoms with E-state index >= 15 is 0 Å². The molecule has 3 aromatic heterocycles. The Balaban J connectivity index is 1.42. The minimum Gasteiger partial charge on any atom is -0.377 e. The summed E-state index contributed by atoms with van der Waals surface area (Å²) in [6.07, 6.45) is 1.46. The summed E-state index contributed by atoms with van der Waals surface area (Å²) >= 11 is 1.42. The topological polar surface area (TPSA) is 97.7 Å². The first-order chi connectivity index (χ1) is 16.9. The van der Waals surface area contributed by atoms with E-state index in [0.29, 0.717) is 18.0 Å². The monoisotopic (exact) mass is 493 g/mol. The first-order valence-corrected chi connectivity index (χ1v) is 12.1. The number of pyridine rings is 1. The molecule has 4 aromatic rings. The van der Waals surface area contributed by atoms with Crippen molar-refractivity contribution in [2.24, 2.45) is 0 Å². The molecule has 1 aliphatic heterocycles. The van der Waals surface area contributed by atoms with Gasteiger partial charge in [-0.05, 0) is 43.3 Å². The van der Waals surface area contributed by atoms with Crippen molar-refractivity contribution in [1.82, 2.24) is 19.8 Å². The van der Waals surface area contributed by atoms with Crippen molar-refractivity contribution in [3.63, 3.8) is 0 Å². The molecule has 0 radical (unpaired) electrons. The normalized spacial score (nSPS) is 17.9. The standard InChI is InChI=1S/C25H27N5O4S/c1-14-9-15-10-16(5-6-19(15)30(14)25(32)26-2)28-17-7-8-27-18-11-22(35-23(17)18)24(31)29-12-20(33-3)21(13-29)34-4/h5-11,20-21H,12-13H2,1-4H3,(H,26,32)(H,27,28)/t20-,21-/m0/s1. The molecule has 4 heterocycles. The summed E-state index contributed by atoms with van der Waals surface area (Å²) in [7, 11) is 4.89. The summed E-state index contributed by atoms with van der Waals surface area (Å²) in [6, 6.07) is 11.4. The van der Waals surface area contributed by atoms with E-state index in [1.54, 1.807) is 36.9 Å². The molecule has 1 saturated heterocycles. The van der Waals surface area contributed by atoms with Gasteiger partial charge in [-0.25, -0.2) is 4.79 Å². The third-order valence-electron chi connectivity index (χ3n) is 6.41. The molecule has 0 unspecified atom stereocenters. The van der Waals surface area contributed by atoms with Gasteiger partial charge in [0.25, 0.3) is 5.91 Å². The van der Waals surface area contributed by atoms with E-state index in [1.807, 2.05) is 43.3 Å². The maximum absolute atomic E-state index is 13.2. The van der Waals surface area contributed by atoms with Gasteiger partial charge in [-0.1, -0.05) is 0 Å². The van der Waals surface area contributed by atoms with Crippen molar-refractivity contribution in [1.29, 1.82) is 0 Å². The molecule has 0 aliphatic carbocycles. The third kappa shape index (κ3) is 4.13. The highest BCUT2D eigenvalue weighted by molar-refractivity contribution is 7.21. The van der Waals surface area contributed by atoms with Crippen LogP contribution in [0.4, 0.5) is 16.2 Å². The van der Waals surface area contributed by atoms with Crippen molar-refractivity contribution in [2.45, 2.75) is 19.1 Å². The highest BCUT2D eigenvalue weighted by atomic mass is 32.1. The molecule has 35 heavy (non-hydrogen) atoms. The number of thiophene rings is 1. The maximum atomic E-state index is 13.2. The van der Waals surface area contributed by atoms with Gasteiger partial charge >= 0.3 is 6.03 Å². The summed E-state index contributed by atoms with van der Waals surface area (Å²) in [4.78, 5) is 32.3. The number of nitrogens with zero attached hydrogens (tertiary/aromatic N) is 3. The van der Waals surface area contributed by atoms with Crippen LogP contribution in [0.5, 0.6) is 0 Å². The van der Waals surface area contributed by atoms with Gasteiger partial charge in [0.05, 0.1) is 26.3 Å². The van der Waals surface area contributed by atoms with Crippen LogP contribution in [0, 0.1) is 6.92 Å². The van der Waals surface area contributed by atoms with Gasteiger partial charge in [0.1, 0.15) is 12.2 Å². The molecule has 0 spiro atoms. The lowest BCUT2D eigenvalue weighted by Gasteiger charge is -2.14. The SMILES string of the molecule is CNC(=O)n1c(C)cc2cc(Nc3ccnc4cc(C(=O)N5C[C@H](OC)[C@@H](OC)C5)sc34)ccc21. The van der Waals surface area contributed by atoms with Gasteiger partial charge in [0, 0.05) is 57.3 Å². The Kier molecular flexibility index (Phi) is 6.18. The van der Waals surface area contributed by atoms with Gasteiger partial charge in [0.15, 0.2) is 0 Å². The van der Waals surface area contributed by atoms with Gasteiger partial charge in [-0.2, -0.15) is 0 Å². The number of carbonyl (C=O) groups excluding carboxylic acids is 2. The predicted octanol–water partition coefficient (Wildman–Crippen LogP) is 3.98. The van der Waals surface area contributed by atoms with Crippen LogP contribution < -0.4 is 10.6 Å². The number of hydrogen-bond acceptors (Lipinski definition) is 7. The number of aryl methyl sites for hydroxylation is 1. The fourth-order valence-electron chi connectivity index (χ4n) is 4.63. The highest BCUT2D eigenvalue weighted by Gasteiger charge is 2.36. The van der Waals surface area contributed by atoms with Crippen LogP contribution in [0.3, 0.4) is 0 Å². The summed E-state index contributed by atoms with van der Waals surface area (Å²) < 4.78 is 13.5. The largest absolute Gasteiger partial charge is 0.377 e. The summed E-state index contributed by atoms with van der Waals surface area (Å²) in [5, 5.41) is 7.09. The number of benzene rings is 1. The second-order valence-corrected chi connectivity index (χ2v) is 9.57. The summed E-state index contributed by atoms with van der Waals surface area (Å²) in [5.74, 6) is -0.0482. The molecule has 9 nitrogen and oxygen atoms in total. The van der Waals surface area contributed by atoms with Gasteiger partial charge in [0.2, 0.25) is 0 Å². The second kappa shape index (κ2) is 9.29. The Morgan fingerprint density at radius 2 is 1.83 bits per heavy atom. The van der Waals surface area contributed by atoms with Crippen LogP contribution in [0.25, 0.3) is 21.1 Å². The molecule has 1 fully saturated rings. The Hall–Kier alpha value is -3.47. The number of nitrogens with one attached hydrogen (secondary N) is 2. The van der Waals surface area contributed by atoms with E-state index < -0.39 is 0 Å². The Morgan fingerprint density at radius 3 is 2.51 bits per heavy atom. The Bertz CT molecular complexity index is 1420. The van der Waals surface area contributed by atoms with Crippen LogP contribution in [-0.2, 0) is 9.47 Å². The number of hydrogen-bond donors (Lipinski definition) is 2. The lowest BCUT2D eigenvalue weighted by molar-refractivity contribution is -0.00461. The molecule has 182 valence electrons. The van der Waals surface area contributed by atoms with E-state index in [9.17, 15) is 9.59 Å². The lowest BCUT2D eigenvalue weighted by Crippen LogP contribution is -2.29. The predicted molar refractivity (Wildman–Crippen MR) is 137 cm³/mol. The first kappa shape index (κ1) is 23.3. The zero-order valence-electron chi connectivity index (χ0n) is 20.0. The van der Waals surface area contributed by atoms with Crippen LogP contribution in [-0.4, -0.2) is 73.0 Å². The number of methoxy groups -OCH3 is 2. The van der Waals surface area contributed by atoms with Crippen molar-refractivity contribution in [3.8, 4) is 0 Å². The van der Waals surface area contributed by atoms with E-state index in [0.717, 1.165) is 38.2 Å². The number of aromatic nitrogens is 2. The zero-order chi connectivity index (χ0) is 24.7. The number of fused-ring (bicyclic) bond motifs is 2. The minimum absolute atomic E-state index is 0.0482.